The molecule has 3 nitrogen and oxygen atoms in total. The molecule has 0 aliphatic rings. The number of nitrogens with one attached hydrogen (secondary N) is 1. The summed E-state index contributed by atoms with van der Waals surface area (Å²) in [5.41, 5.74) is 2.06. The first-order chi connectivity index (χ1) is 8.40. The highest BCUT2D eigenvalue weighted by Crippen LogP contribution is 2.13. The standard InChI is InChI=1S/C14H17N3/c1-2-3-9-15-10-13-11-16-14(17-13)12-7-5-4-6-8-12/h4-8,10-11H,2-3,9H2,1H3,(H,16,17). The van der Waals surface area contributed by atoms with E-state index < -0.39 is 0 Å². The summed E-state index contributed by atoms with van der Waals surface area (Å²) in [5.74, 6) is 0.891. The zero-order chi connectivity index (χ0) is 11.9. The minimum atomic E-state index is 0.885. The van der Waals surface area contributed by atoms with Gasteiger partial charge in [-0.1, -0.05) is 43.7 Å². The topological polar surface area (TPSA) is 41.0 Å². The summed E-state index contributed by atoms with van der Waals surface area (Å²) >= 11 is 0. The van der Waals surface area contributed by atoms with Crippen LogP contribution in [0, 0.1) is 0 Å². The molecule has 0 unspecified atom stereocenters. The van der Waals surface area contributed by atoms with Crippen LogP contribution in [0.5, 0.6) is 0 Å². The molecule has 1 aromatic heterocycles. The van der Waals surface area contributed by atoms with Crippen molar-refractivity contribution in [3.63, 3.8) is 0 Å². The van der Waals surface area contributed by atoms with Crippen molar-refractivity contribution in [3.8, 4) is 11.4 Å². The van der Waals surface area contributed by atoms with Crippen LogP contribution in [-0.4, -0.2) is 22.7 Å². The van der Waals surface area contributed by atoms with Gasteiger partial charge in [-0.2, -0.15) is 0 Å². The summed E-state index contributed by atoms with van der Waals surface area (Å²) in [5, 5.41) is 0. The van der Waals surface area contributed by atoms with Crippen LogP contribution in [0.2, 0.25) is 0 Å². The highest BCUT2D eigenvalue weighted by Gasteiger charge is 2.00. The Hall–Kier alpha value is -1.90. The number of benzene rings is 1. The van der Waals surface area contributed by atoms with Gasteiger partial charge in [0.1, 0.15) is 5.82 Å². The minimum absolute atomic E-state index is 0.885. The van der Waals surface area contributed by atoms with Crippen LogP contribution in [-0.2, 0) is 0 Å². The lowest BCUT2D eigenvalue weighted by Gasteiger charge is -1.94. The summed E-state index contributed by atoms with van der Waals surface area (Å²) in [6.45, 7) is 3.05. The molecule has 0 saturated heterocycles. The summed E-state index contributed by atoms with van der Waals surface area (Å²) in [6.07, 6.45) is 5.98. The van der Waals surface area contributed by atoms with Crippen LogP contribution in [0.25, 0.3) is 11.4 Å². The Morgan fingerprint density at radius 2 is 2.12 bits per heavy atom. The third-order valence-corrected chi connectivity index (χ3v) is 2.51. The van der Waals surface area contributed by atoms with E-state index in [9.17, 15) is 0 Å². The molecule has 3 heteroatoms. The number of hydrogen-bond acceptors (Lipinski definition) is 2. The predicted octanol–water partition coefficient (Wildman–Crippen LogP) is 3.30. The normalized spacial score (nSPS) is 11.1. The van der Waals surface area contributed by atoms with Gasteiger partial charge in [0.25, 0.3) is 0 Å². The molecule has 0 saturated carbocycles. The fourth-order valence-electron chi connectivity index (χ4n) is 1.56. The molecule has 0 aliphatic heterocycles. The quantitative estimate of drug-likeness (QED) is 0.618. The Morgan fingerprint density at radius 3 is 2.88 bits per heavy atom. The molecular formula is C14H17N3. The number of imidazole rings is 1. The zero-order valence-electron chi connectivity index (χ0n) is 10.1. The monoisotopic (exact) mass is 227 g/mol. The number of hydrogen-bond donors (Lipinski definition) is 1. The van der Waals surface area contributed by atoms with Crippen LogP contribution in [0.15, 0.2) is 41.5 Å². The maximum absolute atomic E-state index is 4.34. The molecule has 88 valence electrons. The van der Waals surface area contributed by atoms with Crippen molar-refractivity contribution in [2.45, 2.75) is 19.8 Å². The van der Waals surface area contributed by atoms with Crippen molar-refractivity contribution in [2.75, 3.05) is 6.54 Å². The first kappa shape index (κ1) is 11.6. The van der Waals surface area contributed by atoms with Gasteiger partial charge in [-0.05, 0) is 6.42 Å². The van der Waals surface area contributed by atoms with Crippen LogP contribution in [0.3, 0.4) is 0 Å². The fourth-order valence-corrected chi connectivity index (χ4v) is 1.56. The van der Waals surface area contributed by atoms with Crippen LogP contribution >= 0.6 is 0 Å². The van der Waals surface area contributed by atoms with Crippen molar-refractivity contribution in [2.24, 2.45) is 4.99 Å². The average molecular weight is 227 g/mol. The highest BCUT2D eigenvalue weighted by atomic mass is 14.9. The van der Waals surface area contributed by atoms with Crippen molar-refractivity contribution in [3.05, 3.63) is 42.2 Å². The Bertz CT molecular complexity index is 471. The van der Waals surface area contributed by atoms with E-state index in [1.807, 2.05) is 42.7 Å². The number of rotatable bonds is 5. The lowest BCUT2D eigenvalue weighted by molar-refractivity contribution is 0.810. The molecule has 17 heavy (non-hydrogen) atoms. The molecule has 0 spiro atoms. The molecule has 0 radical (unpaired) electrons. The molecule has 0 fully saturated rings. The number of aromatic amines is 1. The fraction of sp³-hybridized carbons (Fsp3) is 0.286. The number of nitrogens with zero attached hydrogens (tertiary/aromatic N) is 2. The lowest BCUT2D eigenvalue weighted by atomic mass is 10.2. The number of unbranched alkanes of at least 4 members (excludes halogenated alkanes) is 1. The molecule has 0 amide bonds. The molecule has 1 heterocycles. The van der Waals surface area contributed by atoms with Crippen LogP contribution < -0.4 is 0 Å². The number of aliphatic imine (C=N–C) groups is 1. The molecule has 2 aromatic rings. The van der Waals surface area contributed by atoms with Gasteiger partial charge in [0.05, 0.1) is 11.9 Å². The summed E-state index contributed by atoms with van der Waals surface area (Å²) in [4.78, 5) is 11.9. The second-order valence-corrected chi connectivity index (χ2v) is 3.94. The lowest BCUT2D eigenvalue weighted by Crippen LogP contribution is -1.85. The van der Waals surface area contributed by atoms with Crippen molar-refractivity contribution in [1.82, 2.24) is 9.97 Å². The second kappa shape index (κ2) is 5.99. The predicted molar refractivity (Wildman–Crippen MR) is 71.4 cm³/mol. The van der Waals surface area contributed by atoms with E-state index >= 15 is 0 Å². The van der Waals surface area contributed by atoms with Crippen molar-refractivity contribution >= 4 is 6.21 Å². The molecule has 2 rings (SSSR count). The Balaban J connectivity index is 2.04. The largest absolute Gasteiger partial charge is 0.337 e. The summed E-state index contributed by atoms with van der Waals surface area (Å²) in [7, 11) is 0. The van der Waals surface area contributed by atoms with Gasteiger partial charge in [0, 0.05) is 18.3 Å². The second-order valence-electron chi connectivity index (χ2n) is 3.94. The highest BCUT2D eigenvalue weighted by molar-refractivity contribution is 5.77. The van der Waals surface area contributed by atoms with Crippen molar-refractivity contribution < 1.29 is 0 Å². The third-order valence-electron chi connectivity index (χ3n) is 2.51. The van der Waals surface area contributed by atoms with E-state index in [0.717, 1.165) is 30.0 Å². The van der Waals surface area contributed by atoms with Crippen molar-refractivity contribution in [1.29, 1.82) is 0 Å². The van der Waals surface area contributed by atoms with Gasteiger partial charge in [-0.3, -0.25) is 4.99 Å². The minimum Gasteiger partial charge on any atom is -0.337 e. The van der Waals surface area contributed by atoms with E-state index in [-0.39, 0.29) is 0 Å². The Labute approximate surface area is 102 Å². The third kappa shape index (κ3) is 3.28. The Morgan fingerprint density at radius 1 is 1.29 bits per heavy atom. The SMILES string of the molecule is CCCCN=Cc1cnc(-c2ccccc2)[nH]1. The van der Waals surface area contributed by atoms with E-state index in [1.165, 1.54) is 6.42 Å². The van der Waals surface area contributed by atoms with E-state index in [2.05, 4.69) is 21.9 Å². The Kier molecular flexibility index (Phi) is 4.08. The summed E-state index contributed by atoms with van der Waals surface area (Å²) in [6, 6.07) is 10.1. The van der Waals surface area contributed by atoms with Crippen LogP contribution in [0.1, 0.15) is 25.5 Å². The van der Waals surface area contributed by atoms with E-state index in [0.29, 0.717) is 0 Å². The molecule has 1 N–H and O–H groups in total. The molecular weight excluding hydrogens is 210 g/mol. The van der Waals surface area contributed by atoms with E-state index in [1.54, 1.807) is 0 Å². The first-order valence-corrected chi connectivity index (χ1v) is 6.00. The molecule has 0 aliphatic carbocycles. The van der Waals surface area contributed by atoms with Crippen LogP contribution in [0.4, 0.5) is 0 Å². The first-order valence-electron chi connectivity index (χ1n) is 6.00. The average Bonchev–Trinajstić information content (AvgIpc) is 2.85. The van der Waals surface area contributed by atoms with Gasteiger partial charge in [0.15, 0.2) is 0 Å². The molecule has 0 atom stereocenters. The molecule has 0 bridgehead atoms. The molecule has 1 aromatic carbocycles. The van der Waals surface area contributed by atoms with E-state index in [4.69, 9.17) is 0 Å². The van der Waals surface area contributed by atoms with Gasteiger partial charge in [0.2, 0.25) is 0 Å². The number of H-pyrrole nitrogens is 1. The maximum atomic E-state index is 4.34. The van der Waals surface area contributed by atoms with Gasteiger partial charge >= 0.3 is 0 Å². The summed E-state index contributed by atoms with van der Waals surface area (Å²) < 4.78 is 0. The number of aromatic nitrogens is 2. The van der Waals surface area contributed by atoms with Gasteiger partial charge in [-0.15, -0.1) is 0 Å². The van der Waals surface area contributed by atoms with Gasteiger partial charge in [-0.25, -0.2) is 4.98 Å². The van der Waals surface area contributed by atoms with Gasteiger partial charge < -0.3 is 4.98 Å². The zero-order valence-corrected chi connectivity index (χ0v) is 10.1. The smallest absolute Gasteiger partial charge is 0.137 e. The maximum Gasteiger partial charge on any atom is 0.137 e.